The third-order valence-corrected chi connectivity index (χ3v) is 5.44. The molecule has 0 spiro atoms. The van der Waals surface area contributed by atoms with E-state index in [2.05, 4.69) is 20.4 Å². The smallest absolute Gasteiger partial charge is 0.279 e. The zero-order valence-electron chi connectivity index (χ0n) is 22.1. The fourth-order valence-corrected chi connectivity index (χ4v) is 3.66. The lowest BCUT2D eigenvalue weighted by atomic mass is 10.1. The molecule has 1 amide bonds. The van der Waals surface area contributed by atoms with Gasteiger partial charge in [-0.2, -0.15) is 9.78 Å². The number of hydrogen-bond acceptors (Lipinski definition) is 9. The van der Waals surface area contributed by atoms with E-state index in [4.69, 9.17) is 23.4 Å². The third-order valence-electron chi connectivity index (χ3n) is 5.44. The second-order valence-corrected chi connectivity index (χ2v) is 7.88. The van der Waals surface area contributed by atoms with Crippen molar-refractivity contribution in [3.63, 3.8) is 0 Å². The van der Waals surface area contributed by atoms with Crippen LogP contribution in [0, 0.1) is 0 Å². The average molecular weight is 532 g/mol. The molecule has 0 unspecified atom stereocenters. The van der Waals surface area contributed by atoms with E-state index in [0.29, 0.717) is 47.1 Å². The lowest BCUT2D eigenvalue weighted by Gasteiger charge is -2.13. The fraction of sp³-hybridized carbons (Fsp3) is 0.214. The number of methoxy groups -OCH3 is 2. The van der Waals surface area contributed by atoms with Crippen molar-refractivity contribution in [3.8, 4) is 23.1 Å². The third kappa shape index (κ3) is 6.45. The summed E-state index contributed by atoms with van der Waals surface area (Å²) < 4.78 is 29.4. The molecular weight excluding hydrogens is 502 g/mol. The van der Waals surface area contributed by atoms with Gasteiger partial charge in [0.2, 0.25) is 5.88 Å². The number of amides is 1. The van der Waals surface area contributed by atoms with Gasteiger partial charge in [-0.15, -0.1) is 0 Å². The molecule has 0 saturated carbocycles. The van der Waals surface area contributed by atoms with E-state index in [0.717, 1.165) is 5.56 Å². The molecule has 4 rings (SSSR count). The van der Waals surface area contributed by atoms with E-state index >= 15 is 0 Å². The van der Waals surface area contributed by atoms with Crippen LogP contribution >= 0.6 is 0 Å². The monoisotopic (exact) mass is 531 g/mol. The molecule has 0 fully saturated rings. The van der Waals surface area contributed by atoms with Crippen molar-refractivity contribution in [2.24, 2.45) is 9.98 Å². The van der Waals surface area contributed by atoms with Crippen molar-refractivity contribution >= 4 is 23.7 Å². The molecule has 11 nitrogen and oxygen atoms in total. The van der Waals surface area contributed by atoms with Crippen LogP contribution < -0.4 is 19.5 Å². The summed E-state index contributed by atoms with van der Waals surface area (Å²) in [5.74, 6) is 2.84. The summed E-state index contributed by atoms with van der Waals surface area (Å²) in [6.07, 6.45) is 11.5. The van der Waals surface area contributed by atoms with Crippen LogP contribution in [-0.2, 0) is 4.74 Å². The molecule has 0 saturated heterocycles. The maximum atomic E-state index is 13.3. The zero-order valence-corrected chi connectivity index (χ0v) is 22.1. The van der Waals surface area contributed by atoms with E-state index < -0.39 is 5.91 Å². The molecule has 11 heteroatoms. The molecule has 39 heavy (non-hydrogen) atoms. The first-order chi connectivity index (χ1) is 19.1. The lowest BCUT2D eigenvalue weighted by Crippen LogP contribution is -2.31. The first kappa shape index (κ1) is 27.0. The van der Waals surface area contributed by atoms with Gasteiger partial charge in [0.05, 0.1) is 39.8 Å². The Balaban J connectivity index is 1.51. The minimum Gasteiger partial charge on any atom is -0.493 e. The largest absolute Gasteiger partial charge is 0.493 e. The van der Waals surface area contributed by atoms with Crippen LogP contribution in [0.1, 0.15) is 23.0 Å². The van der Waals surface area contributed by atoms with Gasteiger partial charge in [-0.05, 0) is 55.5 Å². The number of rotatable bonds is 10. The lowest BCUT2D eigenvalue weighted by molar-refractivity contribution is 0.0965. The van der Waals surface area contributed by atoms with Crippen LogP contribution in [0.3, 0.4) is 0 Å². The van der Waals surface area contributed by atoms with Crippen LogP contribution in [0.25, 0.3) is 11.6 Å². The summed E-state index contributed by atoms with van der Waals surface area (Å²) in [6, 6.07) is 8.88. The minimum atomic E-state index is -0.454. The van der Waals surface area contributed by atoms with Gasteiger partial charge in [0, 0.05) is 24.9 Å². The summed E-state index contributed by atoms with van der Waals surface area (Å²) in [4.78, 5) is 21.8. The SMILES string of the molecule is CCOc1cnn(-c2ccco2)c1C(=O)NC1=NCC=C(O/C(=C/C=NC)c2ccc(OC)c(OC)c2)C=C1. The fourth-order valence-electron chi connectivity index (χ4n) is 3.66. The number of carbonyl (C=O) groups excluding carboxylic acids is 1. The number of aromatic nitrogens is 2. The Hall–Kier alpha value is -5.06. The maximum absolute atomic E-state index is 13.3. The predicted octanol–water partition coefficient (Wildman–Crippen LogP) is 4.22. The number of allylic oxidation sites excluding steroid dienone is 2. The number of furan rings is 1. The quantitative estimate of drug-likeness (QED) is 0.307. The normalized spacial score (nSPS) is 13.5. The van der Waals surface area contributed by atoms with Gasteiger partial charge in [-0.25, -0.2) is 0 Å². The first-order valence-corrected chi connectivity index (χ1v) is 12.1. The highest BCUT2D eigenvalue weighted by Gasteiger charge is 2.23. The van der Waals surface area contributed by atoms with Crippen LogP contribution in [0.15, 0.2) is 87.3 Å². The highest BCUT2D eigenvalue weighted by atomic mass is 16.5. The van der Waals surface area contributed by atoms with Gasteiger partial charge < -0.3 is 28.7 Å². The minimum absolute atomic E-state index is 0.189. The van der Waals surface area contributed by atoms with E-state index in [9.17, 15) is 4.79 Å². The van der Waals surface area contributed by atoms with E-state index in [1.165, 1.54) is 17.1 Å². The molecule has 0 aliphatic carbocycles. The number of benzene rings is 1. The maximum Gasteiger partial charge on any atom is 0.279 e. The van der Waals surface area contributed by atoms with E-state index in [1.54, 1.807) is 70.0 Å². The summed E-state index contributed by atoms with van der Waals surface area (Å²) in [5.41, 5.74) is 0.948. The second-order valence-electron chi connectivity index (χ2n) is 7.88. The highest BCUT2D eigenvalue weighted by Crippen LogP contribution is 2.31. The molecule has 1 aliphatic heterocycles. The number of hydrogen-bond donors (Lipinski definition) is 1. The van der Waals surface area contributed by atoms with E-state index in [1.807, 2.05) is 19.1 Å². The molecule has 1 N–H and O–H groups in total. The number of aliphatic imine (C=N–C) groups is 2. The first-order valence-electron chi connectivity index (χ1n) is 12.1. The molecule has 1 aliphatic rings. The van der Waals surface area contributed by atoms with Gasteiger partial charge in [-0.1, -0.05) is 0 Å². The summed E-state index contributed by atoms with van der Waals surface area (Å²) in [5, 5.41) is 7.06. The number of nitrogens with zero attached hydrogens (tertiary/aromatic N) is 4. The number of nitrogens with one attached hydrogen (secondary N) is 1. The van der Waals surface area contributed by atoms with Crippen LogP contribution in [0.2, 0.25) is 0 Å². The van der Waals surface area contributed by atoms with Gasteiger partial charge >= 0.3 is 0 Å². The summed E-state index contributed by atoms with van der Waals surface area (Å²) >= 11 is 0. The Labute approximate surface area is 225 Å². The Morgan fingerprint density at radius 3 is 2.74 bits per heavy atom. The molecule has 202 valence electrons. The number of ether oxygens (including phenoxy) is 4. The molecule has 3 heterocycles. The Morgan fingerprint density at radius 2 is 2.03 bits per heavy atom. The Morgan fingerprint density at radius 1 is 1.18 bits per heavy atom. The molecule has 1 aromatic carbocycles. The van der Waals surface area contributed by atoms with Gasteiger partial charge in [-0.3, -0.25) is 14.8 Å². The van der Waals surface area contributed by atoms with Crippen molar-refractivity contribution in [3.05, 3.63) is 84.1 Å². The summed E-state index contributed by atoms with van der Waals surface area (Å²) in [6.45, 7) is 2.47. The zero-order chi connectivity index (χ0) is 27.6. The standard InChI is InChI=1S/C28H29N5O6/c1-5-37-24-18-31-33(26-7-6-16-38-26)27(24)28(34)32-25-11-9-20(12-15-30-25)39-21(13-14-29-2)19-8-10-22(35-3)23(17-19)36-4/h6-14,16-18H,5,15H2,1-4H3,(H,30,32,34)/b21-13+,29-14?. The Kier molecular flexibility index (Phi) is 8.96. The van der Waals surface area contributed by atoms with Crippen LogP contribution in [0.4, 0.5) is 0 Å². The van der Waals surface area contributed by atoms with Gasteiger partial charge in [0.1, 0.15) is 17.4 Å². The van der Waals surface area contributed by atoms with Crippen LogP contribution in [-0.4, -0.2) is 62.2 Å². The number of amidine groups is 1. The second kappa shape index (κ2) is 13.0. The van der Waals surface area contributed by atoms with Crippen LogP contribution in [0.5, 0.6) is 17.2 Å². The average Bonchev–Trinajstić information content (AvgIpc) is 3.58. The molecular formula is C28H29N5O6. The molecule has 2 aromatic heterocycles. The van der Waals surface area contributed by atoms with Crippen molar-refractivity contribution in [1.29, 1.82) is 0 Å². The molecule has 3 aromatic rings. The predicted molar refractivity (Wildman–Crippen MR) is 147 cm³/mol. The topological polar surface area (TPSA) is 122 Å². The highest BCUT2D eigenvalue weighted by molar-refractivity contribution is 6.11. The van der Waals surface area contributed by atoms with Crippen molar-refractivity contribution < 1.29 is 28.2 Å². The number of carbonyl (C=O) groups is 1. The Bertz CT molecular complexity index is 1450. The van der Waals surface area contributed by atoms with Crippen molar-refractivity contribution in [2.75, 3.05) is 34.4 Å². The molecule has 0 bridgehead atoms. The summed E-state index contributed by atoms with van der Waals surface area (Å²) in [7, 11) is 4.82. The van der Waals surface area contributed by atoms with Gasteiger partial charge in [0.25, 0.3) is 5.91 Å². The molecule has 0 atom stereocenters. The molecule has 0 radical (unpaired) electrons. The van der Waals surface area contributed by atoms with Crippen molar-refractivity contribution in [1.82, 2.24) is 15.1 Å². The van der Waals surface area contributed by atoms with Gasteiger partial charge in [0.15, 0.2) is 22.9 Å². The van der Waals surface area contributed by atoms with E-state index in [-0.39, 0.29) is 12.2 Å². The van der Waals surface area contributed by atoms with Crippen molar-refractivity contribution in [2.45, 2.75) is 6.92 Å².